The fraction of sp³-hybridized carbons (Fsp3) is 0.225. The van der Waals surface area contributed by atoms with E-state index in [0.29, 0.717) is 127 Å². The molecule has 0 saturated heterocycles. The number of ether oxygens (including phenoxy) is 3. The molecule has 0 atom stereocenters. The first-order valence-electron chi connectivity index (χ1n) is 47.2. The molecule has 15 aromatic heterocycles. The van der Waals surface area contributed by atoms with Crippen LogP contribution in [0.5, 0.6) is 5.75 Å². The number of hydrogen-bond donors (Lipinski definition) is 0. The van der Waals surface area contributed by atoms with Gasteiger partial charge in [0.25, 0.3) is 18.2 Å². The fourth-order valence-electron chi connectivity index (χ4n) is 19.0. The van der Waals surface area contributed by atoms with Gasteiger partial charge in [-0.25, -0.2) is 52.7 Å². The predicted molar refractivity (Wildman–Crippen MR) is 531 cm³/mol. The number of aromatic nitrogens is 36. The maximum atomic E-state index is 13.6. The third kappa shape index (κ3) is 16.8. The van der Waals surface area contributed by atoms with Crippen LogP contribution in [0, 0.1) is 62.3 Å². The summed E-state index contributed by atoms with van der Waals surface area (Å²) in [5, 5.41) is 63.4. The lowest BCUT2D eigenvalue weighted by molar-refractivity contribution is 0.0982. The Morgan fingerprint density at radius 3 is 1.23 bits per heavy atom. The average molecular weight is 2050 g/mol. The Hall–Kier alpha value is -18.2. The highest BCUT2D eigenvalue weighted by molar-refractivity contribution is 9.10. The van der Waals surface area contributed by atoms with Crippen molar-refractivity contribution in [3.63, 3.8) is 0 Å². The molecule has 46 heteroatoms. The Morgan fingerprint density at radius 2 is 0.777 bits per heavy atom. The minimum atomic E-state index is -2.66. The van der Waals surface area contributed by atoms with Gasteiger partial charge in [0, 0.05) is 63.5 Å². The van der Waals surface area contributed by atoms with Crippen LogP contribution in [0.2, 0.25) is 0 Å². The Bertz CT molecular complexity index is 8670. The molecular weight excluding hydrogens is 1960 g/mol. The fourth-order valence-corrected chi connectivity index (χ4v) is 19.4. The van der Waals surface area contributed by atoms with E-state index in [9.17, 15) is 13.6 Å². The van der Waals surface area contributed by atoms with Crippen LogP contribution in [0.4, 0.5) is 8.78 Å². The van der Waals surface area contributed by atoms with Crippen molar-refractivity contribution < 1.29 is 41.4 Å². The zero-order valence-corrected chi connectivity index (χ0v) is 83.3. The van der Waals surface area contributed by atoms with Crippen molar-refractivity contribution in [3.05, 3.63) is 332 Å². The molecule has 0 fully saturated rings. The van der Waals surface area contributed by atoms with E-state index in [0.717, 1.165) is 175 Å². The highest BCUT2D eigenvalue weighted by Crippen LogP contribution is 2.43. The van der Waals surface area contributed by atoms with Gasteiger partial charge in [-0.05, 0) is 156 Å². The number of methoxy groups -OCH3 is 2. The highest BCUT2D eigenvalue weighted by Gasteiger charge is 2.36. The molecule has 148 heavy (non-hydrogen) atoms. The quantitative estimate of drug-likeness (QED) is 0.0967. The largest absolute Gasteiger partial charge is 0.486 e. The number of carbonyl (C=O) groups is 1. The summed E-state index contributed by atoms with van der Waals surface area (Å²) in [5.74, 6) is 8.18. The second-order valence-corrected chi connectivity index (χ2v) is 36.4. The van der Waals surface area contributed by atoms with E-state index in [1.807, 2.05) is 185 Å². The van der Waals surface area contributed by atoms with Crippen LogP contribution in [0.15, 0.2) is 214 Å². The van der Waals surface area contributed by atoms with Crippen LogP contribution in [0.3, 0.4) is 0 Å². The predicted octanol–water partition coefficient (Wildman–Crippen LogP) is 15.6. The van der Waals surface area contributed by atoms with E-state index in [4.69, 9.17) is 27.8 Å². The highest BCUT2D eigenvalue weighted by atomic mass is 79.9. The Morgan fingerprint density at radius 1 is 0.385 bits per heavy atom. The van der Waals surface area contributed by atoms with Crippen LogP contribution < -0.4 is 4.74 Å². The number of fused-ring (bicyclic) bond motifs is 30. The molecule has 28 rings (SSSR count). The smallest absolute Gasteiger partial charge is 0.282 e. The number of hydrogen-bond acceptors (Lipinski definition) is 31. The Kier molecular flexibility index (Phi) is 24.3. The summed E-state index contributed by atoms with van der Waals surface area (Å²) in [5.41, 5.74) is 28.3. The Balaban J connectivity index is 0.0000000979. The van der Waals surface area contributed by atoms with Crippen molar-refractivity contribution in [2.24, 2.45) is 0 Å². The molecule has 0 unspecified atom stereocenters. The number of ketones is 1. The summed E-state index contributed by atoms with van der Waals surface area (Å²) < 4.78 is 83.8. The van der Waals surface area contributed by atoms with Gasteiger partial charge in [-0.1, -0.05) is 128 Å². The van der Waals surface area contributed by atoms with E-state index >= 15 is 0 Å². The van der Waals surface area contributed by atoms with Crippen molar-refractivity contribution in [2.45, 2.75) is 141 Å². The molecule has 6 aliphatic rings. The lowest BCUT2D eigenvalue weighted by atomic mass is 10.1. The molecule has 0 N–H and O–H groups in total. The van der Waals surface area contributed by atoms with Crippen molar-refractivity contribution in [1.29, 1.82) is 0 Å². The average Bonchev–Trinajstić information content (AvgIpc) is 1.57. The molecule has 0 saturated carbocycles. The second kappa shape index (κ2) is 38.5. The molecule has 0 radical (unpaired) electrons. The van der Waals surface area contributed by atoms with Crippen LogP contribution in [-0.4, -0.2) is 197 Å². The van der Waals surface area contributed by atoms with Gasteiger partial charge in [-0.15, -0.1) is 45.9 Å². The number of imidazole rings is 6. The third-order valence-electron chi connectivity index (χ3n) is 26.2. The molecule has 43 nitrogen and oxygen atoms in total. The van der Waals surface area contributed by atoms with Gasteiger partial charge in [0.2, 0.25) is 11.7 Å². The molecule has 0 aliphatic carbocycles. The Labute approximate surface area is 847 Å². The van der Waals surface area contributed by atoms with Crippen LogP contribution in [0.25, 0.3) is 120 Å². The number of Topliss-reactive ketones (excluding diaryl/α,β-unsaturated/α-hetero) is 1. The minimum absolute atomic E-state index is 0.0600. The molecule has 0 spiro atoms. The molecule has 0 bridgehead atoms. The first kappa shape index (κ1) is 93.4. The number of para-hydroxylation sites is 7. The first-order valence-corrected chi connectivity index (χ1v) is 47.9. The number of carbonyl (C=O) groups excluding carboxylic acids is 1. The molecule has 22 aromatic rings. The molecule has 740 valence electrons. The van der Waals surface area contributed by atoms with Crippen molar-refractivity contribution in [1.82, 2.24) is 177 Å². The van der Waals surface area contributed by atoms with Crippen molar-refractivity contribution >= 4 is 21.7 Å². The van der Waals surface area contributed by atoms with Gasteiger partial charge in [0.15, 0.2) is 63.8 Å². The normalized spacial score (nSPS) is 12.4. The zero-order valence-electron chi connectivity index (χ0n) is 81.7. The van der Waals surface area contributed by atoms with E-state index in [2.05, 4.69) is 215 Å². The summed E-state index contributed by atoms with van der Waals surface area (Å²) in [4.78, 5) is 51.5. The number of nitrogens with zero attached hydrogens (tertiary/aromatic N) is 36. The topological polar surface area (TPSA) is 453 Å². The van der Waals surface area contributed by atoms with Gasteiger partial charge in [0.1, 0.15) is 85.2 Å². The second-order valence-electron chi connectivity index (χ2n) is 35.7. The first-order chi connectivity index (χ1) is 72.1. The van der Waals surface area contributed by atoms with Gasteiger partial charge in [-0.2, -0.15) is 15.0 Å². The lowest BCUT2D eigenvalue weighted by Gasteiger charge is -2.10. The maximum Gasteiger partial charge on any atom is 0.282 e. The molecular formula is C102H89BrF2N36O7. The zero-order chi connectivity index (χ0) is 102. The summed E-state index contributed by atoms with van der Waals surface area (Å²) in [6.45, 7) is 21.5. The maximum absolute atomic E-state index is 13.6. The van der Waals surface area contributed by atoms with E-state index in [1.165, 1.54) is 11.9 Å². The van der Waals surface area contributed by atoms with Gasteiger partial charge >= 0.3 is 0 Å². The third-order valence-corrected chi connectivity index (χ3v) is 26.8. The number of rotatable bonds is 13. The summed E-state index contributed by atoms with van der Waals surface area (Å²) in [6.07, 6.45) is 10.0. The number of alkyl halides is 2. The van der Waals surface area contributed by atoms with Gasteiger partial charge in [0.05, 0.1) is 139 Å². The summed E-state index contributed by atoms with van der Waals surface area (Å²) in [6, 6.07) is 51.8. The number of aryl methyl sites for hydroxylation is 9. The molecule has 0 amide bonds. The minimum Gasteiger partial charge on any atom is -0.486 e. The van der Waals surface area contributed by atoms with Crippen molar-refractivity contribution in [2.75, 3.05) is 14.2 Å². The van der Waals surface area contributed by atoms with Crippen LogP contribution in [0.1, 0.15) is 156 Å². The standard InChI is InChI=1S/C21H17F2N5O.C18H17N7O2.2C16H13N7O.C16H15N5O.C15H14BrN5O/c1-13-7-8-16-15(9-13)21-26-25-18(11-29-14-5-3-2-4-6-14)27(21)10-17-19(20(22)23)24-12-28(16)17;1-10-4-5-13-12(6-10)17-22-21-15(8-26-3)24(17)7-14-16(19-9-25(13)14)18-20-11(2)23-27-18;1-9-13-7-14-15(16-18-10(2)24-20-16)17-8-22(14)11-5-3-4-6-12(11)23(13)21-19-9;1-9-13-7-14-15(16-18-10(2)20-24-16)17-8-22(14)11-5-3-4-6-12(11)23(13)21-19-9;1-3-15(22)16-14-8-13-10(2)18-19-21(13)12-7-5-4-6-11(12)20(14)9-17-16;1-9-3-4-11-10(5-9)15-19-18-13(7-22-2)20(15)6-12-14(16)17-8-21(11)12/h2-9,12,20H,10-11H2,1H3;4-6,9H,7-8H2,1-3H3;2*3-6,8H,7H2,1-2H3;4-7,9H,3,8H2,1-2H3;3-5,8H,6-7H2,1-2H3. The molecule has 6 aliphatic heterocycles. The van der Waals surface area contributed by atoms with Crippen LogP contribution in [-0.2, 0) is 68.2 Å². The molecule has 21 heterocycles. The SMILES string of the molecule is CCC(=O)c1ncn2c1Cc1c(C)nnn1-c1ccccc1-2.COCc1nnc2n1Cc1c(-c3nc(C)no3)ncn1-c1ccc(C)cc1-2.COCc1nnc2n1Cc1c(Br)ncn1-c1ccc(C)cc1-2.Cc1ccc2c(c1)-c1nnc(COc3ccccc3)n1Cc1c(C(F)F)ncn1-2.Cc1nc(-c2ncn3c2Cc2c(C)nnn2-c2ccccc2-3)no1.Cc1noc(-c2ncn3c2Cc2c(C)nnn2-c2ccccc2-3)n1. The van der Waals surface area contributed by atoms with E-state index in [-0.39, 0.29) is 24.6 Å². The summed E-state index contributed by atoms with van der Waals surface area (Å²) in [7, 11) is 3.31. The van der Waals surface area contributed by atoms with Crippen LogP contribution >= 0.6 is 15.9 Å². The van der Waals surface area contributed by atoms with Crippen molar-refractivity contribution in [3.8, 4) is 126 Å². The van der Waals surface area contributed by atoms with Gasteiger partial charge < -0.3 is 46.0 Å². The van der Waals surface area contributed by atoms with E-state index < -0.39 is 6.43 Å². The lowest BCUT2D eigenvalue weighted by Crippen LogP contribution is -2.11. The van der Waals surface area contributed by atoms with Gasteiger partial charge in [-0.3, -0.25) is 27.6 Å². The van der Waals surface area contributed by atoms with E-state index in [1.54, 1.807) is 64.9 Å². The monoisotopic (exact) mass is 2050 g/mol. The summed E-state index contributed by atoms with van der Waals surface area (Å²) >= 11 is 3.54. The number of benzene rings is 7. The molecule has 7 aromatic carbocycles. The number of halogens is 3.